The van der Waals surface area contributed by atoms with Gasteiger partial charge in [0.15, 0.2) is 0 Å². The fourth-order valence-corrected chi connectivity index (χ4v) is 5.96. The van der Waals surface area contributed by atoms with Gasteiger partial charge in [-0.3, -0.25) is 14.5 Å². The average molecular weight is 617 g/mol. The molecule has 2 aromatic heterocycles. The predicted octanol–water partition coefficient (Wildman–Crippen LogP) is 5.82. The summed E-state index contributed by atoms with van der Waals surface area (Å²) >= 11 is 0. The number of amides is 1. The van der Waals surface area contributed by atoms with E-state index in [9.17, 15) is 14.7 Å². The number of hydrogen-bond donors (Lipinski definition) is 1. The Morgan fingerprint density at radius 3 is 2.44 bits per heavy atom. The highest BCUT2D eigenvalue weighted by Crippen LogP contribution is 2.45. The number of pyridine rings is 2. The van der Waals surface area contributed by atoms with Crippen LogP contribution in [0.1, 0.15) is 67.8 Å². The molecule has 1 atom stereocenters. The quantitative estimate of drug-likeness (QED) is 0.239. The molecule has 1 saturated heterocycles. The molecule has 1 N–H and O–H groups in total. The molecule has 10 heteroatoms. The minimum Gasteiger partial charge on any atom is -0.497 e. The van der Waals surface area contributed by atoms with E-state index >= 15 is 0 Å². The van der Waals surface area contributed by atoms with Gasteiger partial charge in [-0.1, -0.05) is 6.07 Å². The molecular formula is C35H44N4O6. The Bertz CT molecular complexity index is 1450. The summed E-state index contributed by atoms with van der Waals surface area (Å²) in [5.41, 5.74) is 1.81. The highest BCUT2D eigenvalue weighted by Gasteiger charge is 2.34. The van der Waals surface area contributed by atoms with Crippen LogP contribution in [0.25, 0.3) is 0 Å². The highest BCUT2D eigenvalue weighted by molar-refractivity contribution is 6.09. The number of carbonyl (C=O) groups excluding carboxylic acids is 1. The fraction of sp³-hybridized carbons (Fsp3) is 0.486. The SMILES string of the molecule is COc1ccc(C(=O)N(CC(C)(C)OC)c2ccccn2)c(N2CCC(COc3cc(C(CC(=O)O)C4CC4)ccn3)CC2)c1. The number of ether oxygens (including phenoxy) is 3. The summed E-state index contributed by atoms with van der Waals surface area (Å²) in [5.74, 6) is 1.62. The number of aromatic nitrogens is 2. The van der Waals surface area contributed by atoms with Gasteiger partial charge in [0, 0.05) is 44.7 Å². The summed E-state index contributed by atoms with van der Waals surface area (Å²) in [6.07, 6.45) is 7.44. The van der Waals surface area contributed by atoms with Crippen molar-refractivity contribution in [2.75, 3.05) is 50.3 Å². The normalized spacial score (nSPS) is 16.2. The molecule has 3 heterocycles. The van der Waals surface area contributed by atoms with Crippen LogP contribution in [0.2, 0.25) is 0 Å². The Kier molecular flexibility index (Phi) is 10.2. The number of carboxylic acids is 1. The summed E-state index contributed by atoms with van der Waals surface area (Å²) in [7, 11) is 3.27. The molecule has 0 spiro atoms. The van der Waals surface area contributed by atoms with Crippen molar-refractivity contribution in [3.63, 3.8) is 0 Å². The fourth-order valence-electron chi connectivity index (χ4n) is 5.96. The summed E-state index contributed by atoms with van der Waals surface area (Å²) < 4.78 is 17.4. The molecule has 0 bridgehead atoms. The molecule has 240 valence electrons. The summed E-state index contributed by atoms with van der Waals surface area (Å²) in [5, 5.41) is 9.39. The Labute approximate surface area is 265 Å². The minimum absolute atomic E-state index is 0.00465. The number of rotatable bonds is 14. The van der Waals surface area contributed by atoms with E-state index in [0.29, 0.717) is 48.0 Å². The third kappa shape index (κ3) is 8.30. The van der Waals surface area contributed by atoms with E-state index in [4.69, 9.17) is 14.2 Å². The molecule has 2 fully saturated rings. The van der Waals surface area contributed by atoms with Crippen LogP contribution in [0.4, 0.5) is 11.5 Å². The van der Waals surface area contributed by atoms with Crippen molar-refractivity contribution in [2.24, 2.45) is 11.8 Å². The number of piperidine rings is 1. The molecule has 1 amide bonds. The van der Waals surface area contributed by atoms with Crippen molar-refractivity contribution < 1.29 is 28.9 Å². The summed E-state index contributed by atoms with van der Waals surface area (Å²) in [6, 6.07) is 14.9. The van der Waals surface area contributed by atoms with Crippen molar-refractivity contribution in [1.29, 1.82) is 0 Å². The average Bonchev–Trinajstić information content (AvgIpc) is 3.91. The number of carboxylic acid groups (broad SMARTS) is 1. The van der Waals surface area contributed by atoms with Crippen molar-refractivity contribution in [1.82, 2.24) is 9.97 Å². The molecule has 5 rings (SSSR count). The van der Waals surface area contributed by atoms with E-state index in [1.165, 1.54) is 0 Å². The van der Waals surface area contributed by atoms with Crippen LogP contribution in [0.15, 0.2) is 60.9 Å². The molecule has 1 aliphatic heterocycles. The molecular weight excluding hydrogens is 572 g/mol. The van der Waals surface area contributed by atoms with Crippen molar-refractivity contribution in [3.8, 4) is 11.6 Å². The molecule has 10 nitrogen and oxygen atoms in total. The Morgan fingerprint density at radius 1 is 1.02 bits per heavy atom. The van der Waals surface area contributed by atoms with Gasteiger partial charge in [-0.05, 0) is 93.2 Å². The van der Waals surface area contributed by atoms with E-state index in [1.807, 2.05) is 62.4 Å². The van der Waals surface area contributed by atoms with Crippen LogP contribution >= 0.6 is 0 Å². The van der Waals surface area contributed by atoms with Crippen LogP contribution in [0, 0.1) is 11.8 Å². The molecule has 0 radical (unpaired) electrons. The molecule has 1 aliphatic carbocycles. The maximum absolute atomic E-state index is 14.2. The maximum Gasteiger partial charge on any atom is 0.303 e. The van der Waals surface area contributed by atoms with Gasteiger partial charge in [0.25, 0.3) is 5.91 Å². The number of hydrogen-bond acceptors (Lipinski definition) is 8. The number of aliphatic carboxylic acids is 1. The first kappa shape index (κ1) is 32.2. The zero-order valence-electron chi connectivity index (χ0n) is 26.6. The first-order chi connectivity index (χ1) is 21.7. The number of benzene rings is 1. The van der Waals surface area contributed by atoms with Gasteiger partial charge in [0.1, 0.15) is 11.6 Å². The third-order valence-electron chi connectivity index (χ3n) is 8.89. The van der Waals surface area contributed by atoms with E-state index in [1.54, 1.807) is 31.5 Å². The van der Waals surface area contributed by atoms with Gasteiger partial charge >= 0.3 is 5.97 Å². The lowest BCUT2D eigenvalue weighted by Crippen LogP contribution is -2.44. The van der Waals surface area contributed by atoms with Gasteiger partial charge < -0.3 is 24.2 Å². The second-order valence-corrected chi connectivity index (χ2v) is 12.6. The van der Waals surface area contributed by atoms with E-state index in [2.05, 4.69) is 14.9 Å². The van der Waals surface area contributed by atoms with E-state index in [0.717, 1.165) is 50.0 Å². The van der Waals surface area contributed by atoms with Gasteiger partial charge in [-0.15, -0.1) is 0 Å². The van der Waals surface area contributed by atoms with Crippen LogP contribution in [0.3, 0.4) is 0 Å². The lowest BCUT2D eigenvalue weighted by molar-refractivity contribution is -0.137. The molecule has 2 aliphatic rings. The van der Waals surface area contributed by atoms with Crippen LogP contribution in [0.5, 0.6) is 11.6 Å². The summed E-state index contributed by atoms with van der Waals surface area (Å²) in [4.78, 5) is 38.5. The zero-order valence-corrected chi connectivity index (χ0v) is 26.6. The molecule has 1 aromatic carbocycles. The lowest BCUT2D eigenvalue weighted by Gasteiger charge is -2.36. The molecule has 45 heavy (non-hydrogen) atoms. The number of nitrogens with zero attached hydrogens (tertiary/aromatic N) is 4. The Balaban J connectivity index is 1.27. The maximum atomic E-state index is 14.2. The van der Waals surface area contributed by atoms with E-state index < -0.39 is 11.6 Å². The van der Waals surface area contributed by atoms with Gasteiger partial charge in [-0.2, -0.15) is 0 Å². The first-order valence-corrected chi connectivity index (χ1v) is 15.7. The second-order valence-electron chi connectivity index (χ2n) is 12.6. The smallest absolute Gasteiger partial charge is 0.303 e. The predicted molar refractivity (Wildman–Crippen MR) is 172 cm³/mol. The molecule has 1 unspecified atom stereocenters. The standard InChI is InChI=1S/C35H44N4O6/c1-35(2,44-4)23-39(31-7-5-6-15-36-31)34(42)28-11-10-27(43-3)20-30(28)38-17-13-24(14-18-38)22-45-32-19-26(12-16-37-32)29(21-33(40)41)25-8-9-25/h5-7,10-12,15-16,19-20,24-25,29H,8-9,13-14,17-18,21-23H2,1-4H3,(H,40,41). The molecule has 1 saturated carbocycles. The highest BCUT2D eigenvalue weighted by atomic mass is 16.5. The van der Waals surface area contributed by atoms with Gasteiger partial charge in [-0.25, -0.2) is 9.97 Å². The van der Waals surface area contributed by atoms with Crippen molar-refractivity contribution >= 4 is 23.4 Å². The second kappa shape index (κ2) is 14.3. The van der Waals surface area contributed by atoms with Crippen LogP contribution in [-0.2, 0) is 9.53 Å². The number of carbonyl (C=O) groups is 2. The Morgan fingerprint density at radius 2 is 1.80 bits per heavy atom. The largest absolute Gasteiger partial charge is 0.497 e. The van der Waals surface area contributed by atoms with Crippen molar-refractivity contribution in [3.05, 3.63) is 72.1 Å². The molecule has 3 aromatic rings. The Hall–Kier alpha value is -4.18. The summed E-state index contributed by atoms with van der Waals surface area (Å²) in [6.45, 7) is 6.27. The van der Waals surface area contributed by atoms with Gasteiger partial charge in [0.2, 0.25) is 5.88 Å². The van der Waals surface area contributed by atoms with Crippen molar-refractivity contribution in [2.45, 2.75) is 57.5 Å². The number of anilines is 2. The number of methoxy groups -OCH3 is 2. The van der Waals surface area contributed by atoms with E-state index in [-0.39, 0.29) is 18.2 Å². The van der Waals surface area contributed by atoms with Crippen LogP contribution in [-0.4, -0.2) is 73.0 Å². The monoisotopic (exact) mass is 616 g/mol. The third-order valence-corrected chi connectivity index (χ3v) is 8.89. The van der Waals surface area contributed by atoms with Gasteiger partial charge in [0.05, 0.1) is 43.5 Å². The topological polar surface area (TPSA) is 114 Å². The zero-order chi connectivity index (χ0) is 32.0. The lowest BCUT2D eigenvalue weighted by atomic mass is 9.92. The first-order valence-electron chi connectivity index (χ1n) is 15.7. The van der Waals surface area contributed by atoms with Crippen LogP contribution < -0.4 is 19.3 Å². The minimum atomic E-state index is -0.776.